The number of nitrogens with two attached hydrogens (primary N) is 1. The molecule has 2 N–H and O–H groups in total. The van der Waals surface area contributed by atoms with Crippen LogP contribution in [-0.4, -0.2) is 36.4 Å². The molecule has 0 aromatic heterocycles. The molecule has 5 nitrogen and oxygen atoms in total. The number of primary amides is 1. The molecule has 0 spiro atoms. The van der Waals surface area contributed by atoms with E-state index in [1.807, 2.05) is 41.3 Å². The van der Waals surface area contributed by atoms with Gasteiger partial charge in [-0.1, -0.05) is 44.2 Å². The van der Waals surface area contributed by atoms with Gasteiger partial charge in [0.15, 0.2) is 0 Å². The summed E-state index contributed by atoms with van der Waals surface area (Å²) in [4.78, 5) is 26.4. The fourth-order valence-electron chi connectivity index (χ4n) is 3.39. The van der Waals surface area contributed by atoms with Gasteiger partial charge >= 0.3 is 0 Å². The molecule has 0 fully saturated rings. The van der Waals surface area contributed by atoms with Gasteiger partial charge in [-0.15, -0.1) is 0 Å². The van der Waals surface area contributed by atoms with Gasteiger partial charge in [-0.2, -0.15) is 0 Å². The van der Waals surface area contributed by atoms with Crippen LogP contribution in [0.15, 0.2) is 54.6 Å². The number of nitrogens with zero attached hydrogens (tertiary/aromatic N) is 1. The number of rotatable bonds is 5. The van der Waals surface area contributed by atoms with Crippen molar-refractivity contribution in [1.82, 2.24) is 4.90 Å². The topological polar surface area (TPSA) is 72.6 Å². The summed E-state index contributed by atoms with van der Waals surface area (Å²) < 4.78 is 5.18. The van der Waals surface area contributed by atoms with E-state index in [0.29, 0.717) is 29.3 Å². The van der Waals surface area contributed by atoms with Crippen LogP contribution < -0.4 is 10.5 Å². The van der Waals surface area contributed by atoms with Gasteiger partial charge in [0.1, 0.15) is 5.75 Å². The van der Waals surface area contributed by atoms with Crippen LogP contribution in [-0.2, 0) is 0 Å². The van der Waals surface area contributed by atoms with Crippen LogP contribution >= 0.6 is 0 Å². The Bertz CT molecular complexity index is 885. The van der Waals surface area contributed by atoms with Crippen LogP contribution in [0.3, 0.4) is 0 Å². The van der Waals surface area contributed by atoms with Gasteiger partial charge in [0.25, 0.3) is 11.8 Å². The largest absolute Gasteiger partial charge is 0.496 e. The first kappa shape index (κ1) is 18.7. The normalized spacial score (nSPS) is 16.0. The second kappa shape index (κ2) is 7.66. The lowest BCUT2D eigenvalue weighted by molar-refractivity contribution is 0.0720. The molecular weight excluding hydrogens is 340 g/mol. The van der Waals surface area contributed by atoms with Gasteiger partial charge in [-0.3, -0.25) is 9.59 Å². The van der Waals surface area contributed by atoms with Crippen molar-refractivity contribution in [2.75, 3.05) is 13.7 Å². The Balaban J connectivity index is 1.85. The van der Waals surface area contributed by atoms with Crippen molar-refractivity contribution >= 4 is 11.8 Å². The zero-order valence-electron chi connectivity index (χ0n) is 15.8. The van der Waals surface area contributed by atoms with E-state index in [1.165, 1.54) is 7.11 Å². The van der Waals surface area contributed by atoms with E-state index >= 15 is 0 Å². The maximum atomic E-state index is 12.8. The van der Waals surface area contributed by atoms with Gasteiger partial charge in [-0.05, 0) is 41.3 Å². The van der Waals surface area contributed by atoms with E-state index in [9.17, 15) is 9.59 Å². The highest BCUT2D eigenvalue weighted by molar-refractivity contribution is 5.97. The van der Waals surface area contributed by atoms with Crippen molar-refractivity contribution in [3.63, 3.8) is 0 Å². The molecule has 1 heterocycles. The van der Waals surface area contributed by atoms with Gasteiger partial charge in [-0.25, -0.2) is 0 Å². The first-order valence-corrected chi connectivity index (χ1v) is 8.98. The lowest BCUT2D eigenvalue weighted by Gasteiger charge is -2.27. The van der Waals surface area contributed by atoms with Crippen LogP contribution in [0.25, 0.3) is 11.1 Å². The van der Waals surface area contributed by atoms with Gasteiger partial charge in [0.2, 0.25) is 0 Å². The standard InChI is InChI=1S/C22H24N2O3/c1-14(2)19-5-4-12-24(19)22(26)16-8-6-15(7-9-16)17-10-11-20(27-3)18(13-17)21(23)25/h4-11,13-14,19H,12H2,1-3H3,(H2,23,25). The zero-order valence-corrected chi connectivity index (χ0v) is 15.8. The highest BCUT2D eigenvalue weighted by atomic mass is 16.5. The van der Waals surface area contributed by atoms with Gasteiger partial charge < -0.3 is 15.4 Å². The Labute approximate surface area is 159 Å². The second-order valence-corrected chi connectivity index (χ2v) is 6.98. The molecule has 140 valence electrons. The first-order chi connectivity index (χ1) is 12.9. The Morgan fingerprint density at radius 2 is 1.78 bits per heavy atom. The minimum Gasteiger partial charge on any atom is -0.496 e. The monoisotopic (exact) mass is 364 g/mol. The van der Waals surface area contributed by atoms with Gasteiger partial charge in [0, 0.05) is 12.1 Å². The highest BCUT2D eigenvalue weighted by Gasteiger charge is 2.27. The minimum atomic E-state index is -0.540. The van der Waals surface area contributed by atoms with Crippen molar-refractivity contribution < 1.29 is 14.3 Å². The molecule has 27 heavy (non-hydrogen) atoms. The van der Waals surface area contributed by atoms with E-state index in [-0.39, 0.29) is 11.9 Å². The summed E-state index contributed by atoms with van der Waals surface area (Å²) in [6, 6.07) is 12.8. The molecular formula is C22H24N2O3. The Morgan fingerprint density at radius 1 is 1.11 bits per heavy atom. The number of hydrogen-bond donors (Lipinski definition) is 1. The van der Waals surface area contributed by atoms with E-state index in [2.05, 4.69) is 19.9 Å². The third-order valence-electron chi connectivity index (χ3n) is 4.87. The number of carbonyl (C=O) groups excluding carboxylic acids is 2. The SMILES string of the molecule is COc1ccc(-c2ccc(C(=O)N3CC=CC3C(C)C)cc2)cc1C(N)=O. The number of amides is 2. The molecule has 1 aliphatic heterocycles. The summed E-state index contributed by atoms with van der Waals surface area (Å²) in [6.45, 7) is 4.87. The summed E-state index contributed by atoms with van der Waals surface area (Å²) in [5, 5.41) is 0. The molecule has 0 saturated heterocycles. The fraction of sp³-hybridized carbons (Fsp3) is 0.273. The number of carbonyl (C=O) groups is 2. The predicted octanol–water partition coefficient (Wildman–Crippen LogP) is 3.50. The maximum Gasteiger partial charge on any atom is 0.254 e. The molecule has 0 radical (unpaired) electrons. The lowest BCUT2D eigenvalue weighted by Crippen LogP contribution is -2.38. The average molecular weight is 364 g/mol. The van der Waals surface area contributed by atoms with Crippen LogP contribution in [0, 0.1) is 5.92 Å². The van der Waals surface area contributed by atoms with Crippen LogP contribution in [0.5, 0.6) is 5.75 Å². The Morgan fingerprint density at radius 3 is 2.37 bits per heavy atom. The molecule has 1 aliphatic rings. The van der Waals surface area contributed by atoms with E-state index < -0.39 is 5.91 Å². The maximum absolute atomic E-state index is 12.8. The number of benzene rings is 2. The molecule has 1 unspecified atom stereocenters. The van der Waals surface area contributed by atoms with Crippen LogP contribution in [0.4, 0.5) is 0 Å². The van der Waals surface area contributed by atoms with Crippen molar-refractivity contribution in [2.24, 2.45) is 11.7 Å². The number of hydrogen-bond acceptors (Lipinski definition) is 3. The third-order valence-corrected chi connectivity index (χ3v) is 4.87. The molecule has 2 aromatic carbocycles. The summed E-state index contributed by atoms with van der Waals surface area (Å²) in [5.41, 5.74) is 8.15. The Kier molecular flexibility index (Phi) is 5.31. The smallest absolute Gasteiger partial charge is 0.254 e. The van der Waals surface area contributed by atoms with Crippen molar-refractivity contribution in [1.29, 1.82) is 0 Å². The second-order valence-electron chi connectivity index (χ2n) is 6.98. The van der Waals surface area contributed by atoms with Crippen molar-refractivity contribution in [3.05, 3.63) is 65.7 Å². The Hall–Kier alpha value is -3.08. The molecule has 0 saturated carbocycles. The predicted molar refractivity (Wildman–Crippen MR) is 106 cm³/mol. The minimum absolute atomic E-state index is 0.0257. The van der Waals surface area contributed by atoms with Crippen LogP contribution in [0.2, 0.25) is 0 Å². The van der Waals surface area contributed by atoms with Crippen LogP contribution in [0.1, 0.15) is 34.6 Å². The molecule has 2 amide bonds. The molecule has 3 rings (SSSR count). The first-order valence-electron chi connectivity index (χ1n) is 8.98. The molecule has 0 bridgehead atoms. The summed E-state index contributed by atoms with van der Waals surface area (Å²) >= 11 is 0. The molecule has 0 aliphatic carbocycles. The summed E-state index contributed by atoms with van der Waals surface area (Å²) in [5.74, 6) is 0.303. The van der Waals surface area contributed by atoms with E-state index in [0.717, 1.165) is 11.1 Å². The molecule has 5 heteroatoms. The number of ether oxygens (including phenoxy) is 1. The van der Waals surface area contributed by atoms with E-state index in [4.69, 9.17) is 10.5 Å². The van der Waals surface area contributed by atoms with E-state index in [1.54, 1.807) is 12.1 Å². The number of methoxy groups -OCH3 is 1. The average Bonchev–Trinajstić information content (AvgIpc) is 3.17. The quantitative estimate of drug-likeness (QED) is 0.826. The van der Waals surface area contributed by atoms with Crippen molar-refractivity contribution in [3.8, 4) is 16.9 Å². The fourth-order valence-corrected chi connectivity index (χ4v) is 3.39. The third kappa shape index (κ3) is 3.72. The highest BCUT2D eigenvalue weighted by Crippen LogP contribution is 2.27. The summed E-state index contributed by atoms with van der Waals surface area (Å²) in [7, 11) is 1.50. The summed E-state index contributed by atoms with van der Waals surface area (Å²) in [6.07, 6.45) is 4.14. The van der Waals surface area contributed by atoms with Crippen molar-refractivity contribution in [2.45, 2.75) is 19.9 Å². The molecule has 1 atom stereocenters. The molecule has 2 aromatic rings. The lowest BCUT2D eigenvalue weighted by atomic mass is 10.00. The van der Waals surface area contributed by atoms with Gasteiger partial charge in [0.05, 0.1) is 18.7 Å². The zero-order chi connectivity index (χ0) is 19.6.